The first-order chi connectivity index (χ1) is 22.4. The first-order valence-corrected chi connectivity index (χ1v) is 18.4. The molecule has 1 heterocycles. The number of hydrogen-bond acceptors (Lipinski definition) is 11. The molecule has 262 valence electrons. The van der Waals surface area contributed by atoms with Crippen LogP contribution in [0.4, 0.5) is 21.0 Å². The van der Waals surface area contributed by atoms with Gasteiger partial charge in [-0.3, -0.25) is 29.9 Å². The van der Waals surface area contributed by atoms with Gasteiger partial charge in [0.15, 0.2) is 9.04 Å². The van der Waals surface area contributed by atoms with Crippen molar-refractivity contribution in [2.24, 2.45) is 17.3 Å². The summed E-state index contributed by atoms with van der Waals surface area (Å²) in [5.74, 6) is -1.04. The quantitative estimate of drug-likeness (QED) is 0.0843. The second-order valence-electron chi connectivity index (χ2n) is 13.4. The summed E-state index contributed by atoms with van der Waals surface area (Å²) in [7, 11) is -1.71. The molecule has 2 aromatic rings. The third-order valence-electron chi connectivity index (χ3n) is 7.98. The topological polar surface area (TPSA) is 190 Å². The highest BCUT2D eigenvalue weighted by molar-refractivity contribution is 6.48. The van der Waals surface area contributed by atoms with E-state index in [1.54, 1.807) is 17.0 Å². The molecule has 48 heavy (non-hydrogen) atoms. The smallest absolute Gasteiger partial charge is 0.412 e. The van der Waals surface area contributed by atoms with Gasteiger partial charge in [-0.25, -0.2) is 9.59 Å². The van der Waals surface area contributed by atoms with E-state index in [0.29, 0.717) is 30.5 Å². The molecule has 1 fully saturated rings. The average molecular weight is 689 g/mol. The number of nitro groups is 2. The lowest BCUT2D eigenvalue weighted by molar-refractivity contribution is -0.385. The van der Waals surface area contributed by atoms with Crippen LogP contribution in [0.25, 0.3) is 0 Å². The van der Waals surface area contributed by atoms with Crippen molar-refractivity contribution in [3.8, 4) is 5.75 Å². The van der Waals surface area contributed by atoms with Gasteiger partial charge in [0, 0.05) is 38.2 Å². The molecular formula is C32H44N4O11Si. The van der Waals surface area contributed by atoms with Gasteiger partial charge in [-0.15, -0.1) is 0 Å². The maximum atomic E-state index is 13.6. The number of nitrogens with zero attached hydrogens (tertiary/aromatic N) is 3. The Bertz CT molecular complexity index is 1500. The Morgan fingerprint density at radius 2 is 1.65 bits per heavy atom. The predicted octanol–water partition coefficient (Wildman–Crippen LogP) is 6.08. The van der Waals surface area contributed by atoms with E-state index in [-0.39, 0.29) is 48.4 Å². The molecule has 1 saturated heterocycles. The summed E-state index contributed by atoms with van der Waals surface area (Å²) >= 11 is 0. The normalized spacial score (nSPS) is 18.2. The lowest BCUT2D eigenvalue weighted by atomic mass is 9.78. The number of likely N-dealkylation sites (tertiary alicyclic amines) is 1. The van der Waals surface area contributed by atoms with Crippen molar-refractivity contribution in [1.82, 2.24) is 10.2 Å². The zero-order valence-corrected chi connectivity index (χ0v) is 29.5. The molecule has 0 radical (unpaired) electrons. The van der Waals surface area contributed by atoms with Crippen LogP contribution in [0.1, 0.15) is 58.6 Å². The van der Waals surface area contributed by atoms with Crippen molar-refractivity contribution >= 4 is 38.6 Å². The van der Waals surface area contributed by atoms with E-state index in [9.17, 15) is 34.6 Å². The number of non-ortho nitro benzene ring substituents is 1. The molecule has 16 heteroatoms. The second-order valence-corrected chi connectivity index (χ2v) is 15.7. The van der Waals surface area contributed by atoms with Crippen molar-refractivity contribution in [1.29, 1.82) is 0 Å². The van der Waals surface area contributed by atoms with Crippen LogP contribution < -0.4 is 10.1 Å². The fourth-order valence-corrected chi connectivity index (χ4v) is 6.80. The minimum Gasteiger partial charge on any atom is -0.445 e. The van der Waals surface area contributed by atoms with Gasteiger partial charge < -0.3 is 24.0 Å². The first-order valence-electron chi connectivity index (χ1n) is 15.6. The molecular weight excluding hydrogens is 644 g/mol. The Morgan fingerprint density at radius 3 is 2.21 bits per heavy atom. The maximum Gasteiger partial charge on any atom is 0.412 e. The molecule has 3 atom stereocenters. The number of ether oxygens (including phenoxy) is 3. The van der Waals surface area contributed by atoms with E-state index in [2.05, 4.69) is 26.1 Å². The number of esters is 1. The predicted molar refractivity (Wildman–Crippen MR) is 177 cm³/mol. The monoisotopic (exact) mass is 688 g/mol. The summed E-state index contributed by atoms with van der Waals surface area (Å²) in [4.78, 5) is 60.4. The fourth-order valence-electron chi connectivity index (χ4n) is 5.61. The number of nitrogens with one attached hydrogen (secondary N) is 1. The fraction of sp³-hybridized carbons (Fsp3) is 0.531. The van der Waals surface area contributed by atoms with Gasteiger partial charge in [-0.1, -0.05) is 27.7 Å². The Hall–Kier alpha value is -4.57. The Kier molecular flexibility index (Phi) is 12.6. The van der Waals surface area contributed by atoms with Gasteiger partial charge >= 0.3 is 23.8 Å². The number of carbonyl (C=O) groups is 3. The number of benzene rings is 2. The molecule has 15 nitrogen and oxygen atoms in total. The summed E-state index contributed by atoms with van der Waals surface area (Å²) in [6.45, 7) is 13.8. The third-order valence-corrected chi connectivity index (χ3v) is 8.89. The van der Waals surface area contributed by atoms with Gasteiger partial charge in [0.1, 0.15) is 18.9 Å². The van der Waals surface area contributed by atoms with Crippen molar-refractivity contribution < 1.29 is 42.9 Å². The summed E-state index contributed by atoms with van der Waals surface area (Å²) in [5.41, 5.74) is -0.564. The molecule has 0 saturated carbocycles. The van der Waals surface area contributed by atoms with E-state index in [1.807, 2.05) is 20.0 Å². The molecule has 0 spiro atoms. The molecule has 0 aliphatic carbocycles. The van der Waals surface area contributed by atoms with Gasteiger partial charge in [0.2, 0.25) is 5.75 Å². The van der Waals surface area contributed by atoms with Crippen LogP contribution in [0, 0.1) is 37.5 Å². The third kappa shape index (κ3) is 10.5. The zero-order chi connectivity index (χ0) is 35.8. The maximum absolute atomic E-state index is 13.6. The number of nitro benzene ring substituents is 2. The Morgan fingerprint density at radius 1 is 1.02 bits per heavy atom. The van der Waals surface area contributed by atoms with Crippen molar-refractivity contribution in [3.63, 3.8) is 0 Å². The molecule has 1 N–H and O–H groups in total. The van der Waals surface area contributed by atoms with Crippen LogP contribution >= 0.6 is 0 Å². The number of hydrogen-bond donors (Lipinski definition) is 1. The first kappa shape index (κ1) is 37.9. The van der Waals surface area contributed by atoms with Gasteiger partial charge in [-0.05, 0) is 78.6 Å². The van der Waals surface area contributed by atoms with Crippen LogP contribution in [-0.2, 0) is 31.9 Å². The summed E-state index contributed by atoms with van der Waals surface area (Å²) in [6, 6.07) is 9.66. The van der Waals surface area contributed by atoms with E-state index in [1.165, 1.54) is 30.3 Å². The van der Waals surface area contributed by atoms with Crippen LogP contribution in [0.15, 0.2) is 42.5 Å². The summed E-state index contributed by atoms with van der Waals surface area (Å²) in [6.07, 6.45) is -0.286. The van der Waals surface area contributed by atoms with Gasteiger partial charge in [0.05, 0.1) is 9.85 Å². The van der Waals surface area contributed by atoms with Crippen LogP contribution in [-0.4, -0.2) is 60.8 Å². The van der Waals surface area contributed by atoms with Crippen LogP contribution in [0.3, 0.4) is 0 Å². The van der Waals surface area contributed by atoms with Gasteiger partial charge in [-0.2, -0.15) is 0 Å². The lowest BCUT2D eigenvalue weighted by Crippen LogP contribution is -2.53. The van der Waals surface area contributed by atoms with E-state index in [4.69, 9.17) is 18.6 Å². The summed E-state index contributed by atoms with van der Waals surface area (Å²) < 4.78 is 22.6. The van der Waals surface area contributed by atoms with E-state index in [0.717, 1.165) is 6.92 Å². The largest absolute Gasteiger partial charge is 0.445 e. The van der Waals surface area contributed by atoms with Crippen LogP contribution in [0.2, 0.25) is 13.1 Å². The number of alkyl carbamates (subject to hydrolysis) is 1. The standard InChI is InChI=1S/C32H44N4O11Si/c1-21(17-33-29(38)44-20-24-10-13-27(36(42)43)28(14-24)46-22(2)37)15-32(47-48(6)7)16-25(31(3,4)5)18-34(32)30(39)45-19-23-8-11-26(12-9-23)35(40)41/h8-14,21,25,48H,15-20H2,1-7H3,(H,33,38)/t21?,25-,32-/m0/s1. The molecule has 0 aromatic heterocycles. The van der Waals surface area contributed by atoms with E-state index < -0.39 is 48.5 Å². The average Bonchev–Trinajstić information content (AvgIpc) is 3.36. The minimum absolute atomic E-state index is 0.0572. The second kappa shape index (κ2) is 16.0. The SMILES string of the molecule is CC(=O)Oc1cc(COC(=O)NCC(C)C[C@]2(O[SiH](C)C)C[C@H](C(C)(C)C)CN2C(=O)OCc2ccc([N+](=O)[O-])cc2)ccc1[N+](=O)[O-]. The Labute approximate surface area is 280 Å². The Balaban J connectivity index is 1.69. The van der Waals surface area contributed by atoms with Crippen molar-refractivity contribution in [3.05, 3.63) is 73.8 Å². The molecule has 3 rings (SSSR count). The molecule has 2 amide bonds. The number of amides is 2. The number of carbonyl (C=O) groups excluding carboxylic acids is 3. The van der Waals surface area contributed by atoms with Gasteiger partial charge in [0.25, 0.3) is 5.69 Å². The molecule has 0 bridgehead atoms. The molecule has 2 aromatic carbocycles. The molecule has 1 aliphatic heterocycles. The molecule has 1 unspecified atom stereocenters. The number of rotatable bonds is 13. The van der Waals surface area contributed by atoms with Crippen LogP contribution in [0.5, 0.6) is 5.75 Å². The zero-order valence-electron chi connectivity index (χ0n) is 28.3. The van der Waals surface area contributed by atoms with Crippen molar-refractivity contribution in [2.45, 2.75) is 79.5 Å². The van der Waals surface area contributed by atoms with E-state index >= 15 is 0 Å². The lowest BCUT2D eigenvalue weighted by Gasteiger charge is -2.41. The van der Waals surface area contributed by atoms with Crippen molar-refractivity contribution in [2.75, 3.05) is 13.1 Å². The highest BCUT2D eigenvalue weighted by atomic mass is 28.3. The molecule has 1 aliphatic rings. The highest BCUT2D eigenvalue weighted by Gasteiger charge is 2.53. The highest BCUT2D eigenvalue weighted by Crippen LogP contribution is 2.46. The minimum atomic E-state index is -1.71. The summed E-state index contributed by atoms with van der Waals surface area (Å²) in [5, 5.41) is 25.0.